The molecular formula is C12H13ClN2OS2. The van der Waals surface area contributed by atoms with Crippen LogP contribution in [0.15, 0.2) is 29.3 Å². The number of anilines is 1. The number of thioether (sulfide) groups is 2. The predicted molar refractivity (Wildman–Crippen MR) is 81.9 cm³/mol. The van der Waals surface area contributed by atoms with Gasteiger partial charge in [0, 0.05) is 17.9 Å². The standard InChI is InChI=1S/C12H13ClN2OS2/c13-9-3-1-2-4-10(9)15-11(16)5-7-17-12-14-6-8-18-12/h1-4H,5-8H2,(H,15,16). The van der Waals surface area contributed by atoms with Crippen molar-refractivity contribution in [3.05, 3.63) is 29.3 Å². The van der Waals surface area contributed by atoms with Crippen molar-refractivity contribution < 1.29 is 4.79 Å². The van der Waals surface area contributed by atoms with Crippen LogP contribution in [0.3, 0.4) is 0 Å². The van der Waals surface area contributed by atoms with Gasteiger partial charge in [0.05, 0.1) is 17.3 Å². The second-order valence-corrected chi connectivity index (χ2v) is 6.46. The molecule has 0 aliphatic carbocycles. The van der Waals surface area contributed by atoms with E-state index in [1.165, 1.54) is 0 Å². The van der Waals surface area contributed by atoms with Crippen LogP contribution in [0.4, 0.5) is 5.69 Å². The Bertz CT molecular complexity index is 465. The lowest BCUT2D eigenvalue weighted by Crippen LogP contribution is -2.12. The molecule has 0 atom stereocenters. The Morgan fingerprint density at radius 3 is 3.06 bits per heavy atom. The zero-order valence-electron chi connectivity index (χ0n) is 9.69. The van der Waals surface area contributed by atoms with Crippen molar-refractivity contribution in [1.82, 2.24) is 0 Å². The summed E-state index contributed by atoms with van der Waals surface area (Å²) in [6, 6.07) is 7.24. The fourth-order valence-electron chi connectivity index (χ4n) is 1.41. The second kappa shape index (κ2) is 7.07. The molecule has 0 radical (unpaired) electrons. The van der Waals surface area contributed by atoms with Crippen LogP contribution in [0.2, 0.25) is 5.02 Å². The summed E-state index contributed by atoms with van der Waals surface area (Å²) in [6.07, 6.45) is 0.468. The normalized spacial score (nSPS) is 14.4. The molecule has 1 aliphatic heterocycles. The SMILES string of the molecule is O=C(CCSC1=NCCS1)Nc1ccccc1Cl. The molecule has 0 saturated carbocycles. The van der Waals surface area contributed by atoms with Gasteiger partial charge in [-0.3, -0.25) is 9.79 Å². The summed E-state index contributed by atoms with van der Waals surface area (Å²) in [5, 5.41) is 3.37. The molecule has 1 aliphatic rings. The quantitative estimate of drug-likeness (QED) is 0.925. The van der Waals surface area contributed by atoms with Gasteiger partial charge < -0.3 is 5.32 Å². The van der Waals surface area contributed by atoms with Crippen molar-refractivity contribution in [2.75, 3.05) is 23.4 Å². The highest BCUT2D eigenvalue weighted by Crippen LogP contribution is 2.23. The smallest absolute Gasteiger partial charge is 0.225 e. The molecule has 0 saturated heterocycles. The van der Waals surface area contributed by atoms with E-state index in [0.29, 0.717) is 17.1 Å². The number of carbonyl (C=O) groups is 1. The van der Waals surface area contributed by atoms with Gasteiger partial charge in [-0.15, -0.1) is 0 Å². The van der Waals surface area contributed by atoms with Crippen LogP contribution in [0.25, 0.3) is 0 Å². The number of carbonyl (C=O) groups excluding carboxylic acids is 1. The lowest BCUT2D eigenvalue weighted by molar-refractivity contribution is -0.115. The zero-order chi connectivity index (χ0) is 12.8. The van der Waals surface area contributed by atoms with Gasteiger partial charge in [-0.2, -0.15) is 0 Å². The molecule has 18 heavy (non-hydrogen) atoms. The molecule has 1 aromatic rings. The molecule has 1 N–H and O–H groups in total. The summed E-state index contributed by atoms with van der Waals surface area (Å²) in [5.74, 6) is 1.80. The van der Waals surface area contributed by atoms with E-state index in [4.69, 9.17) is 11.6 Å². The first-order chi connectivity index (χ1) is 8.75. The first-order valence-electron chi connectivity index (χ1n) is 5.60. The number of hydrogen-bond donors (Lipinski definition) is 1. The minimum Gasteiger partial charge on any atom is -0.325 e. The fourth-order valence-corrected chi connectivity index (χ4v) is 3.61. The maximum atomic E-state index is 11.7. The second-order valence-electron chi connectivity index (χ2n) is 3.62. The predicted octanol–water partition coefficient (Wildman–Crippen LogP) is 3.50. The highest BCUT2D eigenvalue weighted by molar-refractivity contribution is 8.39. The minimum atomic E-state index is -0.0146. The van der Waals surface area contributed by atoms with Gasteiger partial charge in [-0.05, 0) is 12.1 Å². The summed E-state index contributed by atoms with van der Waals surface area (Å²) in [5.41, 5.74) is 0.668. The lowest BCUT2D eigenvalue weighted by atomic mass is 10.3. The van der Waals surface area contributed by atoms with E-state index in [1.807, 2.05) is 12.1 Å². The summed E-state index contributed by atoms with van der Waals surface area (Å²) in [4.78, 5) is 16.0. The van der Waals surface area contributed by atoms with Gasteiger partial charge in [-0.25, -0.2) is 0 Å². The number of halogens is 1. The third-order valence-electron chi connectivity index (χ3n) is 2.26. The molecule has 0 unspecified atom stereocenters. The molecule has 6 heteroatoms. The van der Waals surface area contributed by atoms with Crippen molar-refractivity contribution in [1.29, 1.82) is 0 Å². The van der Waals surface area contributed by atoms with Crippen LogP contribution in [0, 0.1) is 0 Å². The number of hydrogen-bond acceptors (Lipinski definition) is 4. The van der Waals surface area contributed by atoms with Gasteiger partial charge in [0.1, 0.15) is 4.38 Å². The van der Waals surface area contributed by atoms with E-state index in [1.54, 1.807) is 35.7 Å². The number of aliphatic imine (C=N–C) groups is 1. The Balaban J connectivity index is 1.73. The molecule has 0 aromatic heterocycles. The van der Waals surface area contributed by atoms with Crippen LogP contribution in [0.1, 0.15) is 6.42 Å². The van der Waals surface area contributed by atoms with Crippen molar-refractivity contribution in [3.8, 4) is 0 Å². The first-order valence-corrected chi connectivity index (χ1v) is 7.95. The zero-order valence-corrected chi connectivity index (χ0v) is 12.1. The lowest BCUT2D eigenvalue weighted by Gasteiger charge is -2.06. The van der Waals surface area contributed by atoms with Crippen LogP contribution < -0.4 is 5.32 Å². The maximum Gasteiger partial charge on any atom is 0.225 e. The van der Waals surface area contributed by atoms with Gasteiger partial charge in [0.25, 0.3) is 0 Å². The Labute approximate surface area is 120 Å². The molecule has 96 valence electrons. The molecule has 0 bridgehead atoms. The van der Waals surface area contributed by atoms with Gasteiger partial charge in [0.15, 0.2) is 0 Å². The van der Waals surface area contributed by atoms with Gasteiger partial charge >= 0.3 is 0 Å². The third-order valence-corrected chi connectivity index (χ3v) is 4.84. The van der Waals surface area contributed by atoms with Crippen molar-refractivity contribution in [2.45, 2.75) is 6.42 Å². The van der Waals surface area contributed by atoms with E-state index < -0.39 is 0 Å². The third kappa shape index (κ3) is 4.23. The highest BCUT2D eigenvalue weighted by atomic mass is 35.5. The highest BCUT2D eigenvalue weighted by Gasteiger charge is 2.09. The average Bonchev–Trinajstić information content (AvgIpc) is 2.85. The van der Waals surface area contributed by atoms with Gasteiger partial charge in [-0.1, -0.05) is 47.3 Å². The summed E-state index contributed by atoms with van der Waals surface area (Å²) in [6.45, 7) is 0.902. The largest absolute Gasteiger partial charge is 0.325 e. The van der Waals surface area contributed by atoms with Crippen LogP contribution in [-0.4, -0.2) is 28.3 Å². The minimum absolute atomic E-state index is 0.0146. The number of rotatable bonds is 4. The average molecular weight is 301 g/mol. The molecule has 2 rings (SSSR count). The van der Waals surface area contributed by atoms with Crippen molar-refractivity contribution in [2.24, 2.45) is 4.99 Å². The Morgan fingerprint density at radius 1 is 1.50 bits per heavy atom. The molecule has 1 heterocycles. The van der Waals surface area contributed by atoms with Crippen LogP contribution >= 0.6 is 35.1 Å². The number of amides is 1. The summed E-state index contributed by atoms with van der Waals surface area (Å²) < 4.78 is 1.10. The molecule has 0 spiro atoms. The van der Waals surface area contributed by atoms with E-state index in [2.05, 4.69) is 10.3 Å². The maximum absolute atomic E-state index is 11.7. The monoisotopic (exact) mass is 300 g/mol. The van der Waals surface area contributed by atoms with Gasteiger partial charge in [0.2, 0.25) is 5.91 Å². The number of nitrogens with one attached hydrogen (secondary N) is 1. The molecule has 0 fully saturated rings. The molecule has 3 nitrogen and oxygen atoms in total. The van der Waals surface area contributed by atoms with E-state index in [0.717, 1.165) is 22.4 Å². The van der Waals surface area contributed by atoms with E-state index in [-0.39, 0.29) is 5.91 Å². The Hall–Kier alpha value is -0.650. The fraction of sp³-hybridized carbons (Fsp3) is 0.333. The first kappa shape index (κ1) is 13.8. The number of para-hydroxylation sites is 1. The molecule has 1 aromatic carbocycles. The number of nitrogens with zero attached hydrogens (tertiary/aromatic N) is 1. The summed E-state index contributed by atoms with van der Waals surface area (Å²) in [7, 11) is 0. The number of benzene rings is 1. The topological polar surface area (TPSA) is 41.5 Å². The molecular weight excluding hydrogens is 288 g/mol. The Kier molecular flexibility index (Phi) is 5.41. The Morgan fingerprint density at radius 2 is 2.33 bits per heavy atom. The van der Waals surface area contributed by atoms with Crippen molar-refractivity contribution >= 4 is 51.1 Å². The summed E-state index contributed by atoms with van der Waals surface area (Å²) >= 11 is 9.37. The van der Waals surface area contributed by atoms with Crippen molar-refractivity contribution in [3.63, 3.8) is 0 Å². The molecule has 1 amide bonds. The van der Waals surface area contributed by atoms with Crippen LogP contribution in [-0.2, 0) is 4.79 Å². The van der Waals surface area contributed by atoms with E-state index in [9.17, 15) is 4.79 Å². The van der Waals surface area contributed by atoms with Crippen LogP contribution in [0.5, 0.6) is 0 Å². The van der Waals surface area contributed by atoms with E-state index >= 15 is 0 Å².